The van der Waals surface area contributed by atoms with Gasteiger partial charge in [-0.2, -0.15) is 0 Å². The Balaban J connectivity index is 2.40. The largest absolute Gasteiger partial charge is 0.308 e. The van der Waals surface area contributed by atoms with Crippen LogP contribution in [0.1, 0.15) is 19.4 Å². The maximum absolute atomic E-state index is 5.87. The molecule has 78 valence electrons. The van der Waals surface area contributed by atoms with Gasteiger partial charge in [0.1, 0.15) is 0 Å². The lowest BCUT2D eigenvalue weighted by molar-refractivity contribution is 0.430. The third kappa shape index (κ3) is 3.69. The molecule has 0 amide bonds. The molecule has 1 aromatic carbocycles. The maximum Gasteiger partial charge on any atom is 0.0380 e. The number of hydrogen-bond acceptors (Lipinski definition) is 1. The highest BCUT2D eigenvalue weighted by atomic mass is 35.5. The predicted octanol–water partition coefficient (Wildman–Crippen LogP) is 3.04. The molecule has 1 nitrogen and oxygen atoms in total. The van der Waals surface area contributed by atoms with Crippen LogP contribution in [0.4, 0.5) is 0 Å². The fourth-order valence-corrected chi connectivity index (χ4v) is 1.78. The number of rotatable bonds is 5. The van der Waals surface area contributed by atoms with Crippen LogP contribution >= 0.6 is 11.6 Å². The first-order chi connectivity index (χ1) is 6.74. The Kier molecular flexibility index (Phi) is 4.99. The van der Waals surface area contributed by atoms with Crippen LogP contribution in [0, 0.1) is 5.92 Å². The summed E-state index contributed by atoms with van der Waals surface area (Å²) < 4.78 is 0. The first-order valence-corrected chi connectivity index (χ1v) is 5.60. The van der Waals surface area contributed by atoms with E-state index in [1.807, 2.05) is 6.07 Å². The molecule has 1 N–H and O–H groups in total. The molecular formula is C12H18ClN. The summed E-state index contributed by atoms with van der Waals surface area (Å²) in [4.78, 5) is 0. The quantitative estimate of drug-likeness (QED) is 0.739. The lowest BCUT2D eigenvalue weighted by Crippen LogP contribution is -2.34. The Labute approximate surface area is 91.5 Å². The Morgan fingerprint density at radius 1 is 1.21 bits per heavy atom. The third-order valence-electron chi connectivity index (χ3n) is 2.38. The van der Waals surface area contributed by atoms with Crippen LogP contribution in [0.25, 0.3) is 0 Å². The minimum absolute atomic E-state index is 0.400. The van der Waals surface area contributed by atoms with Gasteiger partial charge in [0.2, 0.25) is 0 Å². The molecule has 0 spiro atoms. The molecular weight excluding hydrogens is 194 g/mol. The molecule has 0 heterocycles. The van der Waals surface area contributed by atoms with Crippen molar-refractivity contribution >= 4 is 11.6 Å². The van der Waals surface area contributed by atoms with Crippen molar-refractivity contribution in [2.75, 3.05) is 5.88 Å². The van der Waals surface area contributed by atoms with Gasteiger partial charge >= 0.3 is 0 Å². The second-order valence-electron chi connectivity index (χ2n) is 3.87. The highest BCUT2D eigenvalue weighted by Crippen LogP contribution is 2.05. The summed E-state index contributed by atoms with van der Waals surface area (Å²) in [5, 5.41) is 3.45. The van der Waals surface area contributed by atoms with Crippen molar-refractivity contribution in [1.82, 2.24) is 5.32 Å². The fourth-order valence-electron chi connectivity index (χ4n) is 1.31. The second-order valence-corrected chi connectivity index (χ2v) is 4.18. The van der Waals surface area contributed by atoms with Crippen molar-refractivity contribution in [3.05, 3.63) is 35.9 Å². The van der Waals surface area contributed by atoms with E-state index in [9.17, 15) is 0 Å². The van der Waals surface area contributed by atoms with E-state index >= 15 is 0 Å². The van der Waals surface area contributed by atoms with Gasteiger partial charge in [0, 0.05) is 18.5 Å². The van der Waals surface area contributed by atoms with Gasteiger partial charge in [-0.1, -0.05) is 44.2 Å². The van der Waals surface area contributed by atoms with E-state index in [0.717, 1.165) is 6.54 Å². The molecule has 1 aromatic rings. The monoisotopic (exact) mass is 211 g/mol. The summed E-state index contributed by atoms with van der Waals surface area (Å²) in [6.07, 6.45) is 0. The molecule has 0 aliphatic rings. The summed E-state index contributed by atoms with van der Waals surface area (Å²) >= 11 is 5.87. The summed E-state index contributed by atoms with van der Waals surface area (Å²) in [6.45, 7) is 5.27. The molecule has 0 bridgehead atoms. The molecule has 0 aromatic heterocycles. The van der Waals surface area contributed by atoms with E-state index in [1.54, 1.807) is 0 Å². The molecule has 2 heteroatoms. The van der Waals surface area contributed by atoms with Gasteiger partial charge < -0.3 is 5.32 Å². The molecule has 0 saturated carbocycles. The molecule has 1 atom stereocenters. The highest BCUT2D eigenvalue weighted by molar-refractivity contribution is 6.18. The van der Waals surface area contributed by atoms with Crippen molar-refractivity contribution in [3.8, 4) is 0 Å². The molecule has 0 aliphatic heterocycles. The van der Waals surface area contributed by atoms with Crippen LogP contribution in [0.5, 0.6) is 0 Å². The van der Waals surface area contributed by atoms with Gasteiger partial charge in [0.05, 0.1) is 0 Å². The van der Waals surface area contributed by atoms with E-state index in [1.165, 1.54) is 5.56 Å². The zero-order valence-electron chi connectivity index (χ0n) is 8.83. The summed E-state index contributed by atoms with van der Waals surface area (Å²) in [7, 11) is 0. The minimum Gasteiger partial charge on any atom is -0.308 e. The topological polar surface area (TPSA) is 12.0 Å². The first kappa shape index (κ1) is 11.5. The molecule has 0 saturated heterocycles. The predicted molar refractivity (Wildman–Crippen MR) is 62.6 cm³/mol. The molecule has 0 unspecified atom stereocenters. The fraction of sp³-hybridized carbons (Fsp3) is 0.500. The van der Waals surface area contributed by atoms with Gasteiger partial charge in [-0.15, -0.1) is 11.6 Å². The summed E-state index contributed by atoms with van der Waals surface area (Å²) in [6, 6.07) is 10.8. The number of nitrogens with one attached hydrogen (secondary N) is 1. The van der Waals surface area contributed by atoms with Crippen molar-refractivity contribution in [2.45, 2.75) is 26.4 Å². The number of hydrogen-bond donors (Lipinski definition) is 1. The maximum atomic E-state index is 5.87. The van der Waals surface area contributed by atoms with Crippen molar-refractivity contribution in [1.29, 1.82) is 0 Å². The van der Waals surface area contributed by atoms with E-state index in [4.69, 9.17) is 11.6 Å². The van der Waals surface area contributed by atoms with Gasteiger partial charge in [-0.05, 0) is 11.5 Å². The standard InChI is InChI=1S/C12H18ClN/c1-10(2)12(8-13)14-9-11-6-4-3-5-7-11/h3-7,10,12,14H,8-9H2,1-2H3/t12-/m1/s1. The van der Waals surface area contributed by atoms with Crippen molar-refractivity contribution < 1.29 is 0 Å². The molecule has 0 fully saturated rings. The Morgan fingerprint density at radius 2 is 1.86 bits per heavy atom. The summed E-state index contributed by atoms with van der Waals surface area (Å²) in [5.74, 6) is 1.25. The van der Waals surface area contributed by atoms with E-state index < -0.39 is 0 Å². The van der Waals surface area contributed by atoms with Crippen molar-refractivity contribution in [3.63, 3.8) is 0 Å². The number of benzene rings is 1. The van der Waals surface area contributed by atoms with E-state index in [0.29, 0.717) is 17.8 Å². The third-order valence-corrected chi connectivity index (χ3v) is 2.71. The second kappa shape index (κ2) is 6.05. The summed E-state index contributed by atoms with van der Waals surface area (Å²) in [5.41, 5.74) is 1.31. The van der Waals surface area contributed by atoms with Crippen LogP contribution in [0.3, 0.4) is 0 Å². The Hall–Kier alpha value is -0.530. The van der Waals surface area contributed by atoms with Gasteiger partial charge in [0.15, 0.2) is 0 Å². The minimum atomic E-state index is 0.400. The molecule has 14 heavy (non-hydrogen) atoms. The zero-order valence-corrected chi connectivity index (χ0v) is 9.59. The average molecular weight is 212 g/mol. The van der Waals surface area contributed by atoms with Gasteiger partial charge in [-0.25, -0.2) is 0 Å². The molecule has 1 rings (SSSR count). The highest BCUT2D eigenvalue weighted by Gasteiger charge is 2.10. The normalized spacial score (nSPS) is 13.1. The van der Waals surface area contributed by atoms with Crippen LogP contribution in [0.15, 0.2) is 30.3 Å². The van der Waals surface area contributed by atoms with E-state index in [-0.39, 0.29) is 0 Å². The van der Waals surface area contributed by atoms with E-state index in [2.05, 4.69) is 43.4 Å². The Bertz CT molecular complexity index is 246. The molecule has 0 radical (unpaired) electrons. The van der Waals surface area contributed by atoms with Gasteiger partial charge in [0.25, 0.3) is 0 Å². The first-order valence-electron chi connectivity index (χ1n) is 5.07. The Morgan fingerprint density at radius 3 is 2.36 bits per heavy atom. The van der Waals surface area contributed by atoms with Gasteiger partial charge in [-0.3, -0.25) is 0 Å². The average Bonchev–Trinajstić information content (AvgIpc) is 2.20. The smallest absolute Gasteiger partial charge is 0.0380 e. The zero-order chi connectivity index (χ0) is 10.4. The molecule has 0 aliphatic carbocycles. The lowest BCUT2D eigenvalue weighted by atomic mass is 10.1. The number of alkyl halides is 1. The van der Waals surface area contributed by atoms with Crippen LogP contribution in [-0.4, -0.2) is 11.9 Å². The van der Waals surface area contributed by atoms with Crippen LogP contribution in [-0.2, 0) is 6.54 Å². The lowest BCUT2D eigenvalue weighted by Gasteiger charge is -2.19. The van der Waals surface area contributed by atoms with Crippen LogP contribution < -0.4 is 5.32 Å². The van der Waals surface area contributed by atoms with Crippen LogP contribution in [0.2, 0.25) is 0 Å². The SMILES string of the molecule is CC(C)[C@@H](CCl)NCc1ccccc1. The van der Waals surface area contributed by atoms with Crippen molar-refractivity contribution in [2.24, 2.45) is 5.92 Å². The number of halogens is 1.